The molecule has 1 saturated carbocycles. The fourth-order valence-electron chi connectivity index (χ4n) is 2.01. The van der Waals surface area contributed by atoms with Crippen molar-refractivity contribution in [2.45, 2.75) is 51.2 Å². The first-order chi connectivity index (χ1) is 8.67. The Hall–Kier alpha value is -0.930. The molecule has 0 aromatic carbocycles. The van der Waals surface area contributed by atoms with E-state index in [9.17, 15) is 13.2 Å². The number of carbonyl (C=O) groups excluding carboxylic acids is 1. The predicted molar refractivity (Wildman–Crippen MR) is 74.8 cm³/mol. The van der Waals surface area contributed by atoms with Gasteiger partial charge in [0.1, 0.15) is 0 Å². The van der Waals surface area contributed by atoms with Gasteiger partial charge < -0.3 is 10.5 Å². The molecule has 19 heavy (non-hydrogen) atoms. The molecule has 0 spiro atoms. The number of hydrogen-bond donors (Lipinski definition) is 3. The maximum atomic E-state index is 11.8. The van der Waals surface area contributed by atoms with Crippen LogP contribution in [0.1, 0.15) is 39.5 Å². The molecule has 9 heteroatoms. The van der Waals surface area contributed by atoms with Gasteiger partial charge in [0.2, 0.25) is 0 Å². The maximum Gasteiger partial charge on any atom is 0.422 e. The molecule has 1 aliphatic carbocycles. The van der Waals surface area contributed by atoms with Crippen molar-refractivity contribution < 1.29 is 17.9 Å². The zero-order valence-corrected chi connectivity index (χ0v) is 12.6. The molecule has 4 N–H and O–H groups in total. The van der Waals surface area contributed by atoms with Gasteiger partial charge in [-0.15, -0.1) is 0 Å². The maximum absolute atomic E-state index is 11.8. The third-order valence-corrected chi connectivity index (χ3v) is 4.30. The number of thiocarbonyl (C=S) groups is 1. The predicted octanol–water partition coefficient (Wildman–Crippen LogP) is 0.554. The molecule has 0 radical (unpaired) electrons. The molecule has 7 nitrogen and oxygen atoms in total. The van der Waals surface area contributed by atoms with Crippen molar-refractivity contribution in [2.24, 2.45) is 5.73 Å². The van der Waals surface area contributed by atoms with Gasteiger partial charge in [0.15, 0.2) is 0 Å². The average molecular weight is 309 g/mol. The van der Waals surface area contributed by atoms with Gasteiger partial charge in [-0.1, -0.05) is 25.1 Å². The molecule has 1 fully saturated rings. The largest absolute Gasteiger partial charge is 0.446 e. The van der Waals surface area contributed by atoms with Crippen molar-refractivity contribution in [3.63, 3.8) is 0 Å². The van der Waals surface area contributed by atoms with E-state index >= 15 is 0 Å². The molecular weight excluding hydrogens is 290 g/mol. The van der Waals surface area contributed by atoms with Gasteiger partial charge in [0.05, 0.1) is 16.6 Å². The lowest BCUT2D eigenvalue weighted by atomic mass is 10.00. The topological polar surface area (TPSA) is 111 Å². The van der Waals surface area contributed by atoms with E-state index < -0.39 is 27.9 Å². The van der Waals surface area contributed by atoms with Crippen LogP contribution in [0.2, 0.25) is 0 Å². The lowest BCUT2D eigenvalue weighted by Crippen LogP contribution is -2.58. The Morgan fingerprint density at radius 3 is 2.32 bits per heavy atom. The quantitative estimate of drug-likeness (QED) is 0.640. The molecule has 110 valence electrons. The van der Waals surface area contributed by atoms with Crippen LogP contribution in [0, 0.1) is 0 Å². The van der Waals surface area contributed by atoms with E-state index in [-0.39, 0.29) is 4.99 Å². The van der Waals surface area contributed by atoms with Gasteiger partial charge in [-0.05, 0) is 26.7 Å². The third-order valence-electron chi connectivity index (χ3n) is 2.82. The molecule has 0 aromatic rings. The summed E-state index contributed by atoms with van der Waals surface area (Å²) in [5.41, 5.74) is 4.67. The summed E-state index contributed by atoms with van der Waals surface area (Å²) >= 11 is 4.93. The molecule has 1 aliphatic rings. The molecular formula is C10H19N3O4S2. The second-order valence-electron chi connectivity index (χ2n) is 4.82. The Morgan fingerprint density at radius 2 is 1.89 bits per heavy atom. The van der Waals surface area contributed by atoms with Gasteiger partial charge in [0.25, 0.3) is 0 Å². The fourth-order valence-corrected chi connectivity index (χ4v) is 3.47. The summed E-state index contributed by atoms with van der Waals surface area (Å²) in [7, 11) is -4.06. The summed E-state index contributed by atoms with van der Waals surface area (Å²) < 4.78 is 32.6. The normalized spacial score (nSPS) is 18.3. The Bertz CT molecular complexity index is 455. The summed E-state index contributed by atoms with van der Waals surface area (Å²) in [6, 6.07) is 0. The molecule has 1 amide bonds. The SMILES string of the molecule is CC(C)OC(=O)NS(=O)(=O)NC1(C(N)=S)CCCC1. The zero-order valence-electron chi connectivity index (χ0n) is 10.9. The molecule has 0 saturated heterocycles. The first kappa shape index (κ1) is 16.1. The smallest absolute Gasteiger partial charge is 0.422 e. The zero-order chi connectivity index (χ0) is 14.7. The number of amides is 1. The van der Waals surface area contributed by atoms with E-state index in [0.717, 1.165) is 12.8 Å². The van der Waals surface area contributed by atoms with Crippen molar-refractivity contribution in [1.29, 1.82) is 0 Å². The van der Waals surface area contributed by atoms with Gasteiger partial charge in [0, 0.05) is 0 Å². The van der Waals surface area contributed by atoms with Gasteiger partial charge in [-0.2, -0.15) is 13.1 Å². The van der Waals surface area contributed by atoms with E-state index in [0.29, 0.717) is 12.8 Å². The number of nitrogens with one attached hydrogen (secondary N) is 2. The third kappa shape index (κ3) is 4.59. The second-order valence-corrected chi connectivity index (χ2v) is 6.67. The van der Waals surface area contributed by atoms with Crippen LogP contribution in [0.4, 0.5) is 4.79 Å². The van der Waals surface area contributed by atoms with E-state index in [1.807, 2.05) is 0 Å². The van der Waals surface area contributed by atoms with Crippen LogP contribution in [0.15, 0.2) is 0 Å². The Labute approximate surface area is 118 Å². The van der Waals surface area contributed by atoms with E-state index in [1.165, 1.54) is 0 Å². The van der Waals surface area contributed by atoms with Crippen LogP contribution < -0.4 is 15.2 Å². The first-order valence-electron chi connectivity index (χ1n) is 5.99. The van der Waals surface area contributed by atoms with Crippen LogP contribution >= 0.6 is 12.2 Å². The van der Waals surface area contributed by atoms with Crippen molar-refractivity contribution in [3.8, 4) is 0 Å². The monoisotopic (exact) mass is 309 g/mol. The number of hydrogen-bond acceptors (Lipinski definition) is 5. The van der Waals surface area contributed by atoms with Crippen LogP contribution in [-0.2, 0) is 14.9 Å². The molecule has 0 aromatic heterocycles. The minimum absolute atomic E-state index is 0.0904. The number of ether oxygens (including phenoxy) is 1. The number of nitrogens with two attached hydrogens (primary N) is 1. The van der Waals surface area contributed by atoms with Crippen molar-refractivity contribution >= 4 is 33.5 Å². The Morgan fingerprint density at radius 1 is 1.37 bits per heavy atom. The molecule has 1 rings (SSSR count). The van der Waals surface area contributed by atoms with Crippen molar-refractivity contribution in [2.75, 3.05) is 0 Å². The lowest BCUT2D eigenvalue weighted by Gasteiger charge is -2.28. The van der Waals surface area contributed by atoms with Crippen LogP contribution in [0.3, 0.4) is 0 Å². The first-order valence-corrected chi connectivity index (χ1v) is 7.88. The Balaban J connectivity index is 2.73. The average Bonchev–Trinajstić information content (AvgIpc) is 2.63. The molecule has 0 unspecified atom stereocenters. The molecule has 0 heterocycles. The summed E-state index contributed by atoms with van der Waals surface area (Å²) in [4.78, 5) is 11.4. The van der Waals surface area contributed by atoms with Crippen LogP contribution in [0.25, 0.3) is 0 Å². The fraction of sp³-hybridized carbons (Fsp3) is 0.800. The van der Waals surface area contributed by atoms with Gasteiger partial charge in [-0.25, -0.2) is 9.52 Å². The standard InChI is InChI=1S/C10H19N3O4S2/c1-7(2)17-9(14)12-19(15,16)13-10(8(11)18)5-3-4-6-10/h7,13H,3-6H2,1-2H3,(H2,11,18)(H,12,14). The van der Waals surface area contributed by atoms with Crippen molar-refractivity contribution in [3.05, 3.63) is 0 Å². The highest BCUT2D eigenvalue weighted by Crippen LogP contribution is 2.30. The second kappa shape index (κ2) is 6.02. The highest BCUT2D eigenvalue weighted by atomic mass is 32.2. The van der Waals surface area contributed by atoms with Crippen molar-refractivity contribution in [1.82, 2.24) is 9.44 Å². The highest BCUT2D eigenvalue weighted by Gasteiger charge is 2.40. The summed E-state index contributed by atoms with van der Waals surface area (Å²) in [5, 5.41) is 0. The minimum atomic E-state index is -4.06. The number of carbonyl (C=O) groups is 1. The van der Waals surface area contributed by atoms with Crippen LogP contribution in [-0.4, -0.2) is 31.1 Å². The van der Waals surface area contributed by atoms with Gasteiger partial charge >= 0.3 is 16.3 Å². The minimum Gasteiger partial charge on any atom is -0.446 e. The van der Waals surface area contributed by atoms with E-state index in [2.05, 4.69) is 4.72 Å². The number of rotatable bonds is 5. The highest BCUT2D eigenvalue weighted by molar-refractivity contribution is 7.88. The molecule has 0 atom stereocenters. The van der Waals surface area contributed by atoms with E-state index in [1.54, 1.807) is 18.6 Å². The lowest BCUT2D eigenvalue weighted by molar-refractivity contribution is 0.121. The van der Waals surface area contributed by atoms with Gasteiger partial charge in [-0.3, -0.25) is 0 Å². The van der Waals surface area contributed by atoms with E-state index in [4.69, 9.17) is 22.7 Å². The summed E-state index contributed by atoms with van der Waals surface area (Å²) in [6.45, 7) is 3.24. The molecule has 0 bridgehead atoms. The Kier molecular flexibility index (Phi) is 5.11. The van der Waals surface area contributed by atoms with Crippen LogP contribution in [0.5, 0.6) is 0 Å². The molecule has 0 aliphatic heterocycles. The summed E-state index contributed by atoms with van der Waals surface area (Å²) in [6.07, 6.45) is 1.28. The summed E-state index contributed by atoms with van der Waals surface area (Å²) in [5.74, 6) is 0.